The van der Waals surface area contributed by atoms with E-state index in [4.69, 9.17) is 10.5 Å². The Kier molecular flexibility index (Phi) is 11.9. The van der Waals surface area contributed by atoms with Gasteiger partial charge in [0, 0.05) is 88.5 Å². The Bertz CT molecular complexity index is 1510. The Morgan fingerprint density at radius 2 is 1.67 bits per heavy atom. The molecule has 2 aliphatic rings. The van der Waals surface area contributed by atoms with Crippen molar-refractivity contribution in [2.45, 2.75) is 30.9 Å². The third kappa shape index (κ3) is 10.1. The molecule has 0 aromatic heterocycles. The third-order valence-electron chi connectivity index (χ3n) is 8.17. The summed E-state index contributed by atoms with van der Waals surface area (Å²) in [4.78, 5) is 23.1. The van der Waals surface area contributed by atoms with E-state index in [1.807, 2.05) is 9.80 Å². The summed E-state index contributed by atoms with van der Waals surface area (Å²) < 4.78 is 129. The summed E-state index contributed by atoms with van der Waals surface area (Å²) in [6.07, 6.45) is -11.6. The van der Waals surface area contributed by atoms with E-state index < -0.39 is 71.0 Å². The highest BCUT2D eigenvalue weighted by molar-refractivity contribution is 6.11. The largest absolute Gasteiger partial charge is 0.420 e. The lowest BCUT2D eigenvalue weighted by atomic mass is 9.98. The molecular weight excluding hydrogens is 675 g/mol. The van der Waals surface area contributed by atoms with Crippen LogP contribution in [0.3, 0.4) is 0 Å². The number of carbonyl (C=O) groups is 1. The summed E-state index contributed by atoms with van der Waals surface area (Å²) in [7, 11) is 1.12. The van der Waals surface area contributed by atoms with Gasteiger partial charge in [-0.05, 0) is 36.4 Å². The summed E-state index contributed by atoms with van der Waals surface area (Å²) in [5.41, 5.74) is 0.930. The maximum atomic E-state index is 14.1. The first-order valence-electron chi connectivity index (χ1n) is 15.1. The maximum absolute atomic E-state index is 14.1. The van der Waals surface area contributed by atoms with Gasteiger partial charge in [-0.1, -0.05) is 0 Å². The van der Waals surface area contributed by atoms with Crippen molar-refractivity contribution in [2.75, 3.05) is 70.9 Å². The van der Waals surface area contributed by atoms with Crippen LogP contribution in [-0.4, -0.2) is 110 Å². The van der Waals surface area contributed by atoms with Gasteiger partial charge in [0.1, 0.15) is 12.0 Å². The molecule has 4 rings (SSSR count). The second kappa shape index (κ2) is 15.3. The zero-order chi connectivity index (χ0) is 36.1. The standard InChI is InChI=1S/C31H35F9N6O3/c1-43(23-4-2-22(32)3-5-23)28(48)49-27-24(14-21(30(35,36)37)15-25(27)31(38,39)40)20(16-41)17-42-7-9-44-10-12-45(13-11-44)18-26(47)46-8-6-29(33,34)19-46/h2-5,14-17,26,47H,6-13,18-19,41H2,1H3/b20-16+,42-17?. The number of nitrogens with two attached hydrogens (primary N) is 1. The molecule has 1 atom stereocenters. The van der Waals surface area contributed by atoms with E-state index in [2.05, 4.69) is 4.99 Å². The molecule has 2 saturated heterocycles. The van der Waals surface area contributed by atoms with E-state index in [1.54, 1.807) is 0 Å². The first-order chi connectivity index (χ1) is 22.9. The van der Waals surface area contributed by atoms with Crippen LogP contribution in [0.2, 0.25) is 0 Å². The van der Waals surface area contributed by atoms with E-state index in [9.17, 15) is 49.4 Å². The van der Waals surface area contributed by atoms with Crippen LogP contribution in [0, 0.1) is 5.82 Å². The Morgan fingerprint density at radius 1 is 1.04 bits per heavy atom. The smallest absolute Gasteiger partial charge is 0.409 e. The summed E-state index contributed by atoms with van der Waals surface area (Å²) >= 11 is 0. The number of piperazine rings is 1. The van der Waals surface area contributed by atoms with Crippen molar-refractivity contribution in [1.82, 2.24) is 14.7 Å². The molecule has 2 aromatic carbocycles. The van der Waals surface area contributed by atoms with Gasteiger partial charge in [-0.15, -0.1) is 0 Å². The quantitative estimate of drug-likeness (QED) is 0.260. The van der Waals surface area contributed by atoms with Crippen molar-refractivity contribution in [3.05, 3.63) is 65.1 Å². The van der Waals surface area contributed by atoms with Gasteiger partial charge in [0.05, 0.1) is 24.2 Å². The van der Waals surface area contributed by atoms with Crippen LogP contribution in [0.1, 0.15) is 23.1 Å². The molecule has 270 valence electrons. The first-order valence-corrected chi connectivity index (χ1v) is 15.1. The number of likely N-dealkylation sites (tertiary alicyclic amines) is 1. The summed E-state index contributed by atoms with van der Waals surface area (Å²) in [5.74, 6) is -4.72. The molecule has 0 radical (unpaired) electrons. The molecule has 1 unspecified atom stereocenters. The van der Waals surface area contributed by atoms with Crippen LogP contribution < -0.4 is 15.4 Å². The lowest BCUT2D eigenvalue weighted by Crippen LogP contribution is -2.51. The molecular formula is C31H35F9N6O3. The number of ether oxygens (including phenoxy) is 1. The number of aliphatic hydroxyl groups excluding tert-OH is 1. The zero-order valence-electron chi connectivity index (χ0n) is 26.2. The molecule has 3 N–H and O–H groups in total. The van der Waals surface area contributed by atoms with Crippen LogP contribution >= 0.6 is 0 Å². The second-order valence-electron chi connectivity index (χ2n) is 11.7. The van der Waals surface area contributed by atoms with Crippen molar-refractivity contribution in [3.8, 4) is 5.75 Å². The molecule has 2 heterocycles. The average Bonchev–Trinajstić information content (AvgIpc) is 3.40. The van der Waals surface area contributed by atoms with Gasteiger partial charge in [0.2, 0.25) is 0 Å². The van der Waals surface area contributed by atoms with Crippen LogP contribution in [-0.2, 0) is 12.4 Å². The number of hydrogen-bond acceptors (Lipinski definition) is 8. The molecule has 9 nitrogen and oxygen atoms in total. The number of aliphatic imine (C=N–C) groups is 1. The Labute approximate surface area is 276 Å². The minimum atomic E-state index is -5.39. The van der Waals surface area contributed by atoms with Crippen molar-refractivity contribution in [1.29, 1.82) is 0 Å². The Balaban J connectivity index is 1.46. The lowest BCUT2D eigenvalue weighted by Gasteiger charge is -2.36. The van der Waals surface area contributed by atoms with Crippen molar-refractivity contribution in [3.63, 3.8) is 0 Å². The highest BCUT2D eigenvalue weighted by Crippen LogP contribution is 2.44. The number of alkyl halides is 8. The fourth-order valence-corrected chi connectivity index (χ4v) is 5.38. The maximum Gasteiger partial charge on any atom is 0.420 e. The van der Waals surface area contributed by atoms with Crippen LogP contribution in [0.4, 0.5) is 50.0 Å². The fourth-order valence-electron chi connectivity index (χ4n) is 5.38. The van der Waals surface area contributed by atoms with Gasteiger partial charge in [-0.3, -0.25) is 24.6 Å². The normalized spacial score (nSPS) is 19.0. The number of aliphatic hydroxyl groups is 1. The summed E-state index contributed by atoms with van der Waals surface area (Å²) in [6, 6.07) is 4.47. The monoisotopic (exact) mass is 710 g/mol. The van der Waals surface area contributed by atoms with E-state index in [-0.39, 0.29) is 37.8 Å². The minimum Gasteiger partial charge on any atom is -0.409 e. The van der Waals surface area contributed by atoms with Crippen molar-refractivity contribution >= 4 is 23.6 Å². The Morgan fingerprint density at radius 3 is 2.22 bits per heavy atom. The minimum absolute atomic E-state index is 0.0258. The van der Waals surface area contributed by atoms with Crippen LogP contribution in [0.5, 0.6) is 5.75 Å². The van der Waals surface area contributed by atoms with Gasteiger partial charge >= 0.3 is 18.4 Å². The van der Waals surface area contributed by atoms with Gasteiger partial charge < -0.3 is 15.6 Å². The predicted molar refractivity (Wildman–Crippen MR) is 163 cm³/mol. The second-order valence-corrected chi connectivity index (χ2v) is 11.7. The van der Waals surface area contributed by atoms with Crippen LogP contribution in [0.15, 0.2) is 47.6 Å². The molecule has 0 bridgehead atoms. The number of hydrogen-bond donors (Lipinski definition) is 2. The van der Waals surface area contributed by atoms with Gasteiger partial charge in [-0.25, -0.2) is 18.0 Å². The number of anilines is 1. The van der Waals surface area contributed by atoms with Gasteiger partial charge in [0.25, 0.3) is 5.92 Å². The number of carbonyl (C=O) groups excluding carboxylic acids is 1. The number of β-amino-alcohol motifs (C(OH)–C–C–N with tert-alkyl or cyclic N) is 1. The van der Waals surface area contributed by atoms with Crippen molar-refractivity contribution < 1.29 is 54.2 Å². The number of halogens is 9. The highest BCUT2D eigenvalue weighted by Gasteiger charge is 2.42. The highest BCUT2D eigenvalue weighted by atomic mass is 19.4. The molecule has 2 aliphatic heterocycles. The Hall–Kier alpha value is -3.87. The fraction of sp³-hybridized carbons (Fsp3) is 0.484. The number of allylic oxidation sites excluding steroid dienone is 1. The van der Waals surface area contributed by atoms with E-state index in [0.29, 0.717) is 38.8 Å². The SMILES string of the molecule is CN(C(=O)Oc1c(/C(C=NCCN2CCN(CC(O)N3CCC(F)(F)C3)CC2)=C/N)cc(C(F)(F)F)cc1C(F)(F)F)c1ccc(F)cc1. The van der Waals surface area contributed by atoms with E-state index in [1.165, 1.54) is 4.90 Å². The summed E-state index contributed by atoms with van der Waals surface area (Å²) in [5, 5.41) is 10.4. The van der Waals surface area contributed by atoms with Crippen LogP contribution in [0.25, 0.3) is 5.57 Å². The predicted octanol–water partition coefficient (Wildman–Crippen LogP) is 5.15. The van der Waals surface area contributed by atoms with Gasteiger partial charge in [0.15, 0.2) is 5.75 Å². The molecule has 0 spiro atoms. The number of amides is 1. The molecule has 1 amide bonds. The van der Waals surface area contributed by atoms with Crippen molar-refractivity contribution in [2.24, 2.45) is 10.7 Å². The molecule has 18 heteroatoms. The average molecular weight is 711 g/mol. The zero-order valence-corrected chi connectivity index (χ0v) is 26.2. The molecule has 0 aliphatic carbocycles. The topological polar surface area (TPSA) is 97.9 Å². The number of nitrogens with zero attached hydrogens (tertiary/aromatic N) is 5. The number of benzene rings is 2. The lowest BCUT2D eigenvalue weighted by molar-refractivity contribution is -0.143. The third-order valence-corrected chi connectivity index (χ3v) is 8.17. The summed E-state index contributed by atoms with van der Waals surface area (Å²) in [6.45, 7) is 2.30. The molecule has 0 saturated carbocycles. The number of rotatable bonds is 10. The molecule has 49 heavy (non-hydrogen) atoms. The first kappa shape index (κ1) is 37.9. The van der Waals surface area contributed by atoms with Gasteiger partial charge in [-0.2, -0.15) is 26.3 Å². The van der Waals surface area contributed by atoms with E-state index in [0.717, 1.165) is 48.6 Å². The molecule has 2 aromatic rings. The molecule has 2 fully saturated rings. The van der Waals surface area contributed by atoms with E-state index >= 15 is 0 Å².